The van der Waals surface area contributed by atoms with Gasteiger partial charge in [-0.05, 0) is 48.6 Å². The predicted molar refractivity (Wildman–Crippen MR) is 77.7 cm³/mol. The molecule has 0 heterocycles. The number of carbonyl (C=O) groups excluding carboxylic acids is 1. The zero-order valence-corrected chi connectivity index (χ0v) is 11.7. The molecule has 0 amide bonds. The smallest absolute Gasteiger partial charge is 0.166 e. The van der Waals surface area contributed by atoms with Gasteiger partial charge in [0.2, 0.25) is 0 Å². The Morgan fingerprint density at radius 2 is 1.90 bits per heavy atom. The molecule has 0 fully saturated rings. The second kappa shape index (κ2) is 5.37. The Hall–Kier alpha value is -1.67. The summed E-state index contributed by atoms with van der Waals surface area (Å²) in [5, 5.41) is 0.00654. The number of Topliss-reactive ketones (excluding diaryl/α,β-unsaturated/α-hetero) is 1. The number of carbonyl (C=O) groups is 1. The molecule has 0 N–H and O–H groups in total. The second-order valence-electron chi connectivity index (χ2n) is 5.20. The van der Waals surface area contributed by atoms with Crippen molar-refractivity contribution in [3.8, 4) is 0 Å². The van der Waals surface area contributed by atoms with Crippen LogP contribution in [0.3, 0.4) is 0 Å². The molecule has 0 bridgehead atoms. The third-order valence-corrected chi connectivity index (χ3v) is 4.21. The van der Waals surface area contributed by atoms with E-state index < -0.39 is 5.82 Å². The van der Waals surface area contributed by atoms with Crippen molar-refractivity contribution < 1.29 is 9.18 Å². The predicted octanol–water partition coefficient (Wildman–Crippen LogP) is 4.47. The summed E-state index contributed by atoms with van der Waals surface area (Å²) in [6.07, 6.45) is 2.51. The summed E-state index contributed by atoms with van der Waals surface area (Å²) in [5.41, 5.74) is 3.07. The van der Waals surface area contributed by atoms with Crippen LogP contribution in [0.5, 0.6) is 0 Å². The topological polar surface area (TPSA) is 17.1 Å². The van der Waals surface area contributed by atoms with Gasteiger partial charge in [-0.25, -0.2) is 4.39 Å². The zero-order chi connectivity index (χ0) is 14.1. The highest BCUT2D eigenvalue weighted by Gasteiger charge is 2.25. The first-order chi connectivity index (χ1) is 9.65. The molecule has 20 heavy (non-hydrogen) atoms. The third kappa shape index (κ3) is 2.48. The zero-order valence-electron chi connectivity index (χ0n) is 10.9. The quantitative estimate of drug-likeness (QED) is 0.745. The highest BCUT2D eigenvalue weighted by Crippen LogP contribution is 2.28. The molecule has 0 saturated carbocycles. The molecule has 2 aromatic rings. The number of ketones is 1. The average Bonchev–Trinajstić information content (AvgIpc) is 2.49. The minimum atomic E-state index is -0.489. The molecule has 2 aromatic carbocycles. The van der Waals surface area contributed by atoms with Crippen LogP contribution >= 0.6 is 11.6 Å². The van der Waals surface area contributed by atoms with Crippen molar-refractivity contribution in [3.63, 3.8) is 0 Å². The van der Waals surface area contributed by atoms with Crippen molar-refractivity contribution in [1.29, 1.82) is 0 Å². The van der Waals surface area contributed by atoms with Crippen LogP contribution in [0.4, 0.5) is 4.39 Å². The minimum Gasteiger partial charge on any atom is -0.294 e. The van der Waals surface area contributed by atoms with Gasteiger partial charge in [-0.2, -0.15) is 0 Å². The molecule has 3 rings (SSSR count). The molecule has 0 spiro atoms. The molecular weight excluding hydrogens is 275 g/mol. The third-order valence-electron chi connectivity index (χ3n) is 3.92. The molecule has 1 aliphatic rings. The number of benzene rings is 2. The van der Waals surface area contributed by atoms with Gasteiger partial charge in [-0.1, -0.05) is 35.9 Å². The fraction of sp³-hybridized carbons (Fsp3) is 0.235. The molecule has 1 nitrogen and oxygen atoms in total. The Labute approximate surface area is 122 Å². The van der Waals surface area contributed by atoms with Crippen LogP contribution in [-0.4, -0.2) is 5.78 Å². The second-order valence-corrected chi connectivity index (χ2v) is 5.61. The Kier molecular flexibility index (Phi) is 3.58. The lowest BCUT2D eigenvalue weighted by Crippen LogP contribution is -2.22. The van der Waals surface area contributed by atoms with Gasteiger partial charge in [-0.15, -0.1) is 0 Å². The molecule has 102 valence electrons. The summed E-state index contributed by atoms with van der Waals surface area (Å²) in [6, 6.07) is 12.4. The van der Waals surface area contributed by atoms with E-state index in [2.05, 4.69) is 12.1 Å². The molecule has 0 aromatic heterocycles. The van der Waals surface area contributed by atoms with Crippen LogP contribution in [-0.2, 0) is 12.8 Å². The van der Waals surface area contributed by atoms with Crippen LogP contribution in [0, 0.1) is 11.7 Å². The summed E-state index contributed by atoms with van der Waals surface area (Å²) in [4.78, 5) is 12.5. The summed E-state index contributed by atoms with van der Waals surface area (Å²) >= 11 is 5.75. The van der Waals surface area contributed by atoms with E-state index in [0.717, 1.165) is 19.3 Å². The van der Waals surface area contributed by atoms with E-state index in [1.165, 1.54) is 29.3 Å². The van der Waals surface area contributed by atoms with E-state index in [9.17, 15) is 9.18 Å². The van der Waals surface area contributed by atoms with E-state index in [4.69, 9.17) is 11.6 Å². The van der Waals surface area contributed by atoms with Crippen molar-refractivity contribution in [2.24, 2.45) is 5.92 Å². The fourth-order valence-corrected chi connectivity index (χ4v) is 2.99. The molecule has 0 aliphatic heterocycles. The van der Waals surface area contributed by atoms with Crippen molar-refractivity contribution in [2.45, 2.75) is 19.3 Å². The van der Waals surface area contributed by atoms with E-state index in [1.54, 1.807) is 0 Å². The normalized spacial score (nSPS) is 17.6. The molecule has 3 heteroatoms. The highest BCUT2D eigenvalue weighted by atomic mass is 35.5. The monoisotopic (exact) mass is 288 g/mol. The average molecular weight is 289 g/mol. The number of fused-ring (bicyclic) bond motifs is 1. The lowest BCUT2D eigenvalue weighted by molar-refractivity contribution is 0.0908. The first-order valence-electron chi connectivity index (χ1n) is 6.71. The maximum Gasteiger partial charge on any atom is 0.166 e. The Morgan fingerprint density at radius 3 is 2.65 bits per heavy atom. The summed E-state index contributed by atoms with van der Waals surface area (Å²) in [7, 11) is 0. The number of hydrogen-bond donors (Lipinski definition) is 0. The SMILES string of the molecule is O=C(c1ccc(F)c(Cl)c1)C1CCc2ccccc2C1. The van der Waals surface area contributed by atoms with Crippen molar-refractivity contribution >= 4 is 17.4 Å². The van der Waals surface area contributed by atoms with Gasteiger partial charge in [-0.3, -0.25) is 4.79 Å². The lowest BCUT2D eigenvalue weighted by Gasteiger charge is -2.23. The number of halogens is 2. The number of aryl methyl sites for hydroxylation is 1. The highest BCUT2D eigenvalue weighted by molar-refractivity contribution is 6.31. The van der Waals surface area contributed by atoms with Gasteiger partial charge in [0.15, 0.2) is 5.78 Å². The largest absolute Gasteiger partial charge is 0.294 e. The van der Waals surface area contributed by atoms with Gasteiger partial charge < -0.3 is 0 Å². The van der Waals surface area contributed by atoms with Gasteiger partial charge in [0.25, 0.3) is 0 Å². The van der Waals surface area contributed by atoms with Crippen LogP contribution in [0.25, 0.3) is 0 Å². The van der Waals surface area contributed by atoms with Gasteiger partial charge in [0.05, 0.1) is 5.02 Å². The first kappa shape index (κ1) is 13.3. The van der Waals surface area contributed by atoms with Crippen molar-refractivity contribution in [3.05, 3.63) is 70.0 Å². The van der Waals surface area contributed by atoms with E-state index in [-0.39, 0.29) is 16.7 Å². The molecule has 0 radical (unpaired) electrons. The van der Waals surface area contributed by atoms with E-state index >= 15 is 0 Å². The molecule has 0 saturated heterocycles. The van der Waals surface area contributed by atoms with Gasteiger partial charge >= 0.3 is 0 Å². The van der Waals surface area contributed by atoms with E-state index in [0.29, 0.717) is 5.56 Å². The summed E-state index contributed by atoms with van der Waals surface area (Å²) < 4.78 is 13.2. The van der Waals surface area contributed by atoms with E-state index in [1.807, 2.05) is 12.1 Å². The Morgan fingerprint density at radius 1 is 1.15 bits per heavy atom. The minimum absolute atomic E-state index is 0.00654. The van der Waals surface area contributed by atoms with Crippen molar-refractivity contribution in [2.75, 3.05) is 0 Å². The van der Waals surface area contributed by atoms with Crippen LogP contribution in [0.15, 0.2) is 42.5 Å². The molecule has 1 atom stereocenters. The summed E-state index contributed by atoms with van der Waals surface area (Å²) in [5.74, 6) is -0.468. The fourth-order valence-electron chi connectivity index (χ4n) is 2.81. The number of rotatable bonds is 2. The number of hydrogen-bond acceptors (Lipinski definition) is 1. The lowest BCUT2D eigenvalue weighted by atomic mass is 9.80. The van der Waals surface area contributed by atoms with Crippen LogP contribution < -0.4 is 0 Å². The Bertz CT molecular complexity index is 666. The molecular formula is C17H14ClFO. The summed E-state index contributed by atoms with van der Waals surface area (Å²) in [6.45, 7) is 0. The molecule has 1 aliphatic carbocycles. The van der Waals surface area contributed by atoms with Crippen LogP contribution in [0.2, 0.25) is 5.02 Å². The standard InChI is InChI=1S/C17H14ClFO/c18-15-10-14(7-8-16(15)19)17(20)13-6-5-11-3-1-2-4-12(11)9-13/h1-4,7-8,10,13H,5-6,9H2. The molecule has 1 unspecified atom stereocenters. The van der Waals surface area contributed by atoms with Crippen LogP contribution in [0.1, 0.15) is 27.9 Å². The van der Waals surface area contributed by atoms with Gasteiger partial charge in [0, 0.05) is 11.5 Å². The first-order valence-corrected chi connectivity index (χ1v) is 7.09. The van der Waals surface area contributed by atoms with Crippen molar-refractivity contribution in [1.82, 2.24) is 0 Å². The maximum absolute atomic E-state index is 13.2. The van der Waals surface area contributed by atoms with Gasteiger partial charge in [0.1, 0.15) is 5.82 Å². The Balaban J connectivity index is 1.84. The maximum atomic E-state index is 13.2.